The van der Waals surface area contributed by atoms with Crippen LogP contribution in [-0.2, 0) is 19.1 Å². The van der Waals surface area contributed by atoms with Crippen LogP contribution in [0.25, 0.3) is 6.08 Å². The van der Waals surface area contributed by atoms with Gasteiger partial charge in [-0.25, -0.2) is 4.79 Å². The Kier molecular flexibility index (Phi) is 4.85. The molecular formula is C18H20N2O5. The van der Waals surface area contributed by atoms with Crippen molar-refractivity contribution in [1.82, 2.24) is 9.80 Å². The van der Waals surface area contributed by atoms with Crippen molar-refractivity contribution in [3.63, 3.8) is 0 Å². The molecular weight excluding hydrogens is 324 g/mol. The molecule has 7 nitrogen and oxygen atoms in total. The van der Waals surface area contributed by atoms with Crippen LogP contribution in [0.15, 0.2) is 30.5 Å². The zero-order valence-electron chi connectivity index (χ0n) is 13.9. The van der Waals surface area contributed by atoms with Crippen LogP contribution in [0.5, 0.6) is 0 Å². The van der Waals surface area contributed by atoms with Crippen LogP contribution in [-0.4, -0.2) is 58.5 Å². The zero-order valence-corrected chi connectivity index (χ0v) is 13.9. The summed E-state index contributed by atoms with van der Waals surface area (Å²) in [6, 6.07) is 6.15. The van der Waals surface area contributed by atoms with Crippen LogP contribution in [0.4, 0.5) is 0 Å². The largest absolute Gasteiger partial charge is 0.480 e. The van der Waals surface area contributed by atoms with E-state index in [2.05, 4.69) is 0 Å². The Morgan fingerprint density at radius 1 is 1.28 bits per heavy atom. The first-order chi connectivity index (χ1) is 12.0. The highest BCUT2D eigenvalue weighted by Gasteiger charge is 2.36. The Bertz CT molecular complexity index is 730. The molecule has 25 heavy (non-hydrogen) atoms. The van der Waals surface area contributed by atoms with E-state index in [9.17, 15) is 19.5 Å². The Morgan fingerprint density at radius 3 is 2.76 bits per heavy atom. The predicted molar refractivity (Wildman–Crippen MR) is 89.3 cm³/mol. The van der Waals surface area contributed by atoms with Gasteiger partial charge in [0.15, 0.2) is 6.04 Å². The van der Waals surface area contributed by atoms with Gasteiger partial charge in [0, 0.05) is 19.7 Å². The Morgan fingerprint density at radius 2 is 2.04 bits per heavy atom. The SMILES string of the molecule is CC(=O)N1C=Cc2ccccc2C1CC(=O)N1CCOCC1C(=O)O. The van der Waals surface area contributed by atoms with Gasteiger partial charge in [-0.3, -0.25) is 9.59 Å². The molecule has 132 valence electrons. The van der Waals surface area contributed by atoms with Gasteiger partial charge < -0.3 is 19.6 Å². The number of carboxylic acid groups (broad SMARTS) is 1. The van der Waals surface area contributed by atoms with Crippen molar-refractivity contribution < 1.29 is 24.2 Å². The minimum Gasteiger partial charge on any atom is -0.480 e. The lowest BCUT2D eigenvalue weighted by atomic mass is 9.93. The van der Waals surface area contributed by atoms with E-state index < -0.39 is 18.1 Å². The lowest BCUT2D eigenvalue weighted by molar-refractivity contribution is -0.159. The summed E-state index contributed by atoms with van der Waals surface area (Å²) in [6.45, 7) is 1.98. The number of fused-ring (bicyclic) bond motifs is 1. The number of amides is 2. The number of carboxylic acids is 1. The summed E-state index contributed by atoms with van der Waals surface area (Å²) < 4.78 is 5.18. The number of aliphatic carboxylic acids is 1. The molecule has 0 spiro atoms. The lowest BCUT2D eigenvalue weighted by Crippen LogP contribution is -2.53. The maximum atomic E-state index is 12.8. The third-order valence-corrected chi connectivity index (χ3v) is 4.57. The molecule has 2 aliphatic heterocycles. The van der Waals surface area contributed by atoms with E-state index in [0.717, 1.165) is 11.1 Å². The van der Waals surface area contributed by atoms with Crippen molar-refractivity contribution in [2.45, 2.75) is 25.4 Å². The number of nitrogens with zero attached hydrogens (tertiary/aromatic N) is 2. The first-order valence-corrected chi connectivity index (χ1v) is 8.15. The minimum atomic E-state index is -1.08. The third-order valence-electron chi connectivity index (χ3n) is 4.57. The molecule has 2 atom stereocenters. The molecule has 1 aromatic carbocycles. The van der Waals surface area contributed by atoms with Gasteiger partial charge in [0.1, 0.15) is 0 Å². The van der Waals surface area contributed by atoms with E-state index in [0.29, 0.717) is 6.61 Å². The fourth-order valence-electron chi connectivity index (χ4n) is 3.30. The van der Waals surface area contributed by atoms with Crippen molar-refractivity contribution >= 4 is 23.9 Å². The third kappa shape index (κ3) is 3.41. The number of hydrogen-bond acceptors (Lipinski definition) is 4. The lowest BCUT2D eigenvalue weighted by Gasteiger charge is -2.37. The Hall–Kier alpha value is -2.67. The molecule has 1 saturated heterocycles. The summed E-state index contributed by atoms with van der Waals surface area (Å²) in [4.78, 5) is 39.0. The summed E-state index contributed by atoms with van der Waals surface area (Å²) in [6.07, 6.45) is 3.55. The first-order valence-electron chi connectivity index (χ1n) is 8.15. The minimum absolute atomic E-state index is 0.0152. The van der Waals surface area contributed by atoms with Gasteiger partial charge in [0.2, 0.25) is 11.8 Å². The predicted octanol–water partition coefficient (Wildman–Crippen LogP) is 1.26. The molecule has 0 saturated carbocycles. The van der Waals surface area contributed by atoms with Crippen molar-refractivity contribution in [3.8, 4) is 0 Å². The van der Waals surface area contributed by atoms with Gasteiger partial charge in [-0.1, -0.05) is 24.3 Å². The molecule has 3 rings (SSSR count). The van der Waals surface area contributed by atoms with Crippen LogP contribution in [0.1, 0.15) is 30.5 Å². The fraction of sp³-hybridized carbons (Fsp3) is 0.389. The molecule has 0 bridgehead atoms. The molecule has 2 amide bonds. The van der Waals surface area contributed by atoms with Gasteiger partial charge in [-0.05, 0) is 17.2 Å². The van der Waals surface area contributed by atoms with E-state index in [1.165, 1.54) is 16.7 Å². The van der Waals surface area contributed by atoms with Crippen molar-refractivity contribution in [2.24, 2.45) is 0 Å². The number of carbonyl (C=O) groups is 3. The van der Waals surface area contributed by atoms with Crippen LogP contribution < -0.4 is 0 Å². The zero-order chi connectivity index (χ0) is 18.0. The van der Waals surface area contributed by atoms with Gasteiger partial charge in [-0.2, -0.15) is 0 Å². The average molecular weight is 344 g/mol. The number of morpholine rings is 1. The second-order valence-corrected chi connectivity index (χ2v) is 6.11. The van der Waals surface area contributed by atoms with Gasteiger partial charge >= 0.3 is 5.97 Å². The van der Waals surface area contributed by atoms with E-state index in [-0.39, 0.29) is 31.4 Å². The monoisotopic (exact) mass is 344 g/mol. The normalized spacial score (nSPS) is 22.4. The van der Waals surface area contributed by atoms with Crippen molar-refractivity contribution in [2.75, 3.05) is 19.8 Å². The fourth-order valence-corrected chi connectivity index (χ4v) is 3.30. The van der Waals surface area contributed by atoms with Crippen molar-refractivity contribution in [1.29, 1.82) is 0 Å². The highest BCUT2D eigenvalue weighted by atomic mass is 16.5. The van der Waals surface area contributed by atoms with Crippen LogP contribution in [0.3, 0.4) is 0 Å². The maximum Gasteiger partial charge on any atom is 0.328 e. The summed E-state index contributed by atoms with van der Waals surface area (Å²) in [5.41, 5.74) is 1.84. The number of benzene rings is 1. The standard InChI is InChI=1S/C18H20N2O5/c1-12(21)19-7-6-13-4-2-3-5-14(13)15(19)10-17(22)20-8-9-25-11-16(20)18(23)24/h2-7,15-16H,8-11H2,1H3,(H,23,24). The molecule has 1 fully saturated rings. The van der Waals surface area contributed by atoms with Crippen LogP contribution in [0, 0.1) is 0 Å². The van der Waals surface area contributed by atoms with E-state index in [1.54, 1.807) is 6.20 Å². The van der Waals surface area contributed by atoms with Crippen LogP contribution >= 0.6 is 0 Å². The van der Waals surface area contributed by atoms with Gasteiger partial charge in [-0.15, -0.1) is 0 Å². The summed E-state index contributed by atoms with van der Waals surface area (Å²) in [5.74, 6) is -1.54. The molecule has 2 unspecified atom stereocenters. The smallest absolute Gasteiger partial charge is 0.328 e. The van der Waals surface area contributed by atoms with Crippen molar-refractivity contribution in [3.05, 3.63) is 41.6 Å². The van der Waals surface area contributed by atoms with E-state index >= 15 is 0 Å². The summed E-state index contributed by atoms with van der Waals surface area (Å²) >= 11 is 0. The molecule has 0 aromatic heterocycles. The molecule has 0 aliphatic carbocycles. The number of ether oxygens (including phenoxy) is 1. The second kappa shape index (κ2) is 7.06. The maximum absolute atomic E-state index is 12.8. The highest BCUT2D eigenvalue weighted by Crippen LogP contribution is 2.33. The molecule has 7 heteroatoms. The summed E-state index contributed by atoms with van der Waals surface area (Å²) in [5, 5.41) is 9.31. The summed E-state index contributed by atoms with van der Waals surface area (Å²) in [7, 11) is 0. The number of hydrogen-bond donors (Lipinski definition) is 1. The molecule has 1 N–H and O–H groups in total. The topological polar surface area (TPSA) is 87.2 Å². The van der Waals surface area contributed by atoms with Gasteiger partial charge in [0.05, 0.1) is 25.7 Å². The first kappa shape index (κ1) is 17.2. The second-order valence-electron chi connectivity index (χ2n) is 6.11. The Labute approximate surface area is 145 Å². The average Bonchev–Trinajstić information content (AvgIpc) is 2.61. The number of rotatable bonds is 3. The highest BCUT2D eigenvalue weighted by molar-refractivity contribution is 5.86. The molecule has 1 aromatic rings. The molecule has 0 radical (unpaired) electrons. The van der Waals surface area contributed by atoms with E-state index in [4.69, 9.17) is 4.74 Å². The van der Waals surface area contributed by atoms with Gasteiger partial charge in [0.25, 0.3) is 0 Å². The number of carbonyl (C=O) groups excluding carboxylic acids is 2. The van der Waals surface area contributed by atoms with E-state index in [1.807, 2.05) is 30.3 Å². The Balaban J connectivity index is 1.86. The molecule has 2 heterocycles. The quantitative estimate of drug-likeness (QED) is 0.892. The molecule has 2 aliphatic rings. The van der Waals surface area contributed by atoms with Crippen LogP contribution in [0.2, 0.25) is 0 Å².